The van der Waals surface area contributed by atoms with Crippen LogP contribution in [0.2, 0.25) is 0 Å². The molecule has 0 heterocycles. The average molecular weight is 247 g/mol. The van der Waals surface area contributed by atoms with Crippen LogP contribution in [0.4, 0.5) is 0 Å². The number of hydrogen-bond acceptors (Lipinski definition) is 5. The van der Waals surface area contributed by atoms with E-state index in [1.165, 1.54) is 13.8 Å². The Morgan fingerprint density at radius 1 is 1.17 bits per heavy atom. The molecule has 0 atom stereocenters. The Morgan fingerprint density at radius 2 is 1.94 bits per heavy atom. The van der Waals surface area contributed by atoms with Gasteiger partial charge in [-0.15, -0.1) is 0 Å². The van der Waals surface area contributed by atoms with Crippen LogP contribution < -0.4 is 4.74 Å². The summed E-state index contributed by atoms with van der Waals surface area (Å²) >= 11 is 0. The zero-order chi connectivity index (χ0) is 13.1. The van der Waals surface area contributed by atoms with E-state index in [9.17, 15) is 9.59 Å². The number of hydrogen-bond donors (Lipinski definition) is 0. The number of nitrogens with zero attached hydrogens (tertiary/aromatic N) is 1. The lowest BCUT2D eigenvalue weighted by Gasteiger charge is -2.06. The van der Waals surface area contributed by atoms with Gasteiger partial charge in [0.15, 0.2) is 0 Å². The van der Waals surface area contributed by atoms with E-state index in [1.807, 2.05) is 6.07 Å². The van der Waals surface area contributed by atoms with Crippen molar-refractivity contribution in [2.24, 2.45) is 5.16 Å². The second kappa shape index (κ2) is 5.00. The van der Waals surface area contributed by atoms with E-state index in [1.54, 1.807) is 12.1 Å². The zero-order valence-electron chi connectivity index (χ0n) is 10.2. The maximum atomic E-state index is 11.0. The first-order valence-electron chi connectivity index (χ1n) is 5.63. The normalized spacial score (nSPS) is 15.3. The molecular weight excluding hydrogens is 234 g/mol. The minimum absolute atomic E-state index is 0.353. The highest BCUT2D eigenvalue weighted by Gasteiger charge is 2.22. The molecule has 1 aromatic rings. The lowest BCUT2D eigenvalue weighted by molar-refractivity contribution is -0.141. The summed E-state index contributed by atoms with van der Waals surface area (Å²) < 4.78 is 5.13. The second-order valence-electron chi connectivity index (χ2n) is 4.00. The molecule has 0 bridgehead atoms. The number of benzene rings is 1. The standard InChI is InChI=1S/C13H13NO4/c1-8(15)17-13-5-3-4-10-11(13)6-7-12(10)14-18-9(2)16/h3-5H,6-7H2,1-2H3. The summed E-state index contributed by atoms with van der Waals surface area (Å²) in [5.41, 5.74) is 2.50. The molecule has 18 heavy (non-hydrogen) atoms. The molecule has 5 heteroatoms. The zero-order valence-corrected chi connectivity index (χ0v) is 10.2. The van der Waals surface area contributed by atoms with Crippen LogP contribution in [0.5, 0.6) is 5.75 Å². The van der Waals surface area contributed by atoms with Crippen molar-refractivity contribution >= 4 is 17.7 Å². The number of rotatable bonds is 2. The number of fused-ring (bicyclic) bond motifs is 1. The summed E-state index contributed by atoms with van der Waals surface area (Å²) in [7, 11) is 0. The molecule has 0 aromatic heterocycles. The highest BCUT2D eigenvalue weighted by atomic mass is 16.7. The maximum Gasteiger partial charge on any atom is 0.331 e. The van der Waals surface area contributed by atoms with E-state index in [-0.39, 0.29) is 5.97 Å². The lowest BCUT2D eigenvalue weighted by atomic mass is 10.1. The minimum Gasteiger partial charge on any atom is -0.426 e. The second-order valence-corrected chi connectivity index (χ2v) is 4.00. The highest BCUT2D eigenvalue weighted by molar-refractivity contribution is 6.05. The molecule has 0 saturated heterocycles. The predicted molar refractivity (Wildman–Crippen MR) is 64.4 cm³/mol. The Hall–Kier alpha value is -2.17. The molecule has 5 nitrogen and oxygen atoms in total. The van der Waals surface area contributed by atoms with Gasteiger partial charge in [0.2, 0.25) is 0 Å². The van der Waals surface area contributed by atoms with Crippen molar-refractivity contribution in [3.8, 4) is 5.75 Å². The molecule has 0 aliphatic heterocycles. The van der Waals surface area contributed by atoms with Crippen LogP contribution in [0, 0.1) is 0 Å². The smallest absolute Gasteiger partial charge is 0.331 e. The Labute approximate surface area is 104 Å². The van der Waals surface area contributed by atoms with Crippen LogP contribution >= 0.6 is 0 Å². The first-order chi connectivity index (χ1) is 8.58. The van der Waals surface area contributed by atoms with Crippen LogP contribution in [-0.4, -0.2) is 17.7 Å². The van der Waals surface area contributed by atoms with Crippen molar-refractivity contribution in [1.82, 2.24) is 0 Å². The summed E-state index contributed by atoms with van der Waals surface area (Å²) in [4.78, 5) is 26.4. The summed E-state index contributed by atoms with van der Waals surface area (Å²) in [6, 6.07) is 5.40. The fraction of sp³-hybridized carbons (Fsp3) is 0.308. The van der Waals surface area contributed by atoms with Gasteiger partial charge in [-0.1, -0.05) is 17.3 Å². The number of carbonyl (C=O) groups excluding carboxylic acids is 2. The Kier molecular flexibility index (Phi) is 3.41. The average Bonchev–Trinajstić information content (AvgIpc) is 2.70. The minimum atomic E-state index is -0.452. The quantitative estimate of drug-likeness (QED) is 0.346. The maximum absolute atomic E-state index is 11.0. The summed E-state index contributed by atoms with van der Waals surface area (Å²) in [6.07, 6.45) is 1.39. The van der Waals surface area contributed by atoms with E-state index in [0.29, 0.717) is 17.9 Å². The number of oxime groups is 1. The van der Waals surface area contributed by atoms with Gasteiger partial charge >= 0.3 is 11.9 Å². The molecule has 0 amide bonds. The molecule has 0 spiro atoms. The van der Waals surface area contributed by atoms with E-state index >= 15 is 0 Å². The van der Waals surface area contributed by atoms with Gasteiger partial charge in [-0.25, -0.2) is 4.79 Å². The van der Waals surface area contributed by atoms with Crippen molar-refractivity contribution in [1.29, 1.82) is 0 Å². The van der Waals surface area contributed by atoms with Gasteiger partial charge in [-0.2, -0.15) is 0 Å². The van der Waals surface area contributed by atoms with Gasteiger partial charge in [0.25, 0.3) is 0 Å². The van der Waals surface area contributed by atoms with Gasteiger partial charge < -0.3 is 9.57 Å². The van der Waals surface area contributed by atoms with E-state index in [4.69, 9.17) is 4.74 Å². The highest BCUT2D eigenvalue weighted by Crippen LogP contribution is 2.31. The van der Waals surface area contributed by atoms with Crippen molar-refractivity contribution in [3.63, 3.8) is 0 Å². The SMILES string of the molecule is CC(=O)ON=C1CCc2c(OC(C)=O)cccc21. The van der Waals surface area contributed by atoms with E-state index in [0.717, 1.165) is 17.5 Å². The molecule has 1 aliphatic rings. The van der Waals surface area contributed by atoms with Gasteiger partial charge in [-0.05, 0) is 18.9 Å². The Bertz CT molecular complexity index is 534. The molecule has 0 fully saturated rings. The predicted octanol–water partition coefficient (Wildman–Crippen LogP) is 1.83. The van der Waals surface area contributed by atoms with Gasteiger partial charge in [0.05, 0.1) is 5.71 Å². The first-order valence-corrected chi connectivity index (χ1v) is 5.63. The van der Waals surface area contributed by atoms with Crippen molar-refractivity contribution < 1.29 is 19.2 Å². The van der Waals surface area contributed by atoms with Crippen molar-refractivity contribution in [2.75, 3.05) is 0 Å². The Morgan fingerprint density at radius 3 is 2.61 bits per heavy atom. The van der Waals surface area contributed by atoms with Crippen LogP contribution in [0.1, 0.15) is 31.4 Å². The molecule has 0 unspecified atom stereocenters. The molecule has 0 N–H and O–H groups in total. The monoisotopic (exact) mass is 247 g/mol. The third kappa shape index (κ3) is 2.56. The number of esters is 1. The third-order valence-electron chi connectivity index (χ3n) is 2.59. The molecule has 0 saturated carbocycles. The summed E-state index contributed by atoms with van der Waals surface area (Å²) in [5, 5.41) is 3.81. The van der Waals surface area contributed by atoms with Crippen LogP contribution in [0.15, 0.2) is 23.4 Å². The summed E-state index contributed by atoms with van der Waals surface area (Å²) in [5.74, 6) is -0.256. The van der Waals surface area contributed by atoms with Gasteiger partial charge in [0, 0.05) is 25.0 Å². The summed E-state index contributed by atoms with van der Waals surface area (Å²) in [6.45, 7) is 2.66. The molecule has 0 radical (unpaired) electrons. The molecule has 1 aromatic carbocycles. The van der Waals surface area contributed by atoms with Crippen molar-refractivity contribution in [2.45, 2.75) is 26.7 Å². The number of ether oxygens (including phenoxy) is 1. The number of carbonyl (C=O) groups is 2. The van der Waals surface area contributed by atoms with Crippen LogP contribution in [0.25, 0.3) is 0 Å². The topological polar surface area (TPSA) is 65.0 Å². The van der Waals surface area contributed by atoms with Crippen LogP contribution in [-0.2, 0) is 20.8 Å². The van der Waals surface area contributed by atoms with E-state index in [2.05, 4.69) is 9.99 Å². The van der Waals surface area contributed by atoms with E-state index < -0.39 is 5.97 Å². The largest absolute Gasteiger partial charge is 0.426 e. The molecule has 2 rings (SSSR count). The fourth-order valence-electron chi connectivity index (χ4n) is 1.94. The van der Waals surface area contributed by atoms with Crippen LogP contribution in [0.3, 0.4) is 0 Å². The van der Waals surface area contributed by atoms with Gasteiger partial charge in [-0.3, -0.25) is 4.79 Å². The molecule has 1 aliphatic carbocycles. The first kappa shape index (κ1) is 12.3. The molecular formula is C13H13NO4. The lowest BCUT2D eigenvalue weighted by Crippen LogP contribution is -2.04. The van der Waals surface area contributed by atoms with Crippen molar-refractivity contribution in [3.05, 3.63) is 29.3 Å². The third-order valence-corrected chi connectivity index (χ3v) is 2.59. The van der Waals surface area contributed by atoms with Gasteiger partial charge in [0.1, 0.15) is 5.75 Å². The molecule has 94 valence electrons. The fourth-order valence-corrected chi connectivity index (χ4v) is 1.94. The Balaban J connectivity index is 2.31.